The Labute approximate surface area is 184 Å². The number of esters is 1. The third-order valence-corrected chi connectivity index (χ3v) is 5.47. The number of rotatable bonds is 9. The van der Waals surface area contributed by atoms with Crippen LogP contribution in [0.2, 0.25) is 0 Å². The molecule has 5 nitrogen and oxygen atoms in total. The van der Waals surface area contributed by atoms with Gasteiger partial charge in [-0.1, -0.05) is 30.3 Å². The minimum absolute atomic E-state index is 0.209. The van der Waals surface area contributed by atoms with Crippen molar-refractivity contribution in [3.8, 4) is 16.9 Å². The van der Waals surface area contributed by atoms with E-state index in [9.17, 15) is 14.0 Å². The summed E-state index contributed by atoms with van der Waals surface area (Å²) in [5, 5.41) is 4.99. The fourth-order valence-electron chi connectivity index (χ4n) is 3.02. The van der Waals surface area contributed by atoms with Crippen LogP contribution in [0.25, 0.3) is 11.1 Å². The van der Waals surface area contributed by atoms with Crippen LogP contribution in [0.1, 0.15) is 35.7 Å². The van der Waals surface area contributed by atoms with Crippen LogP contribution < -0.4 is 10.1 Å². The first-order chi connectivity index (χ1) is 15.0. The van der Waals surface area contributed by atoms with Crippen molar-refractivity contribution in [3.63, 3.8) is 0 Å². The van der Waals surface area contributed by atoms with Crippen LogP contribution in [0.3, 0.4) is 0 Å². The van der Waals surface area contributed by atoms with E-state index in [1.54, 1.807) is 24.4 Å². The van der Waals surface area contributed by atoms with Gasteiger partial charge in [0.05, 0.1) is 13.2 Å². The quantitative estimate of drug-likeness (QED) is 0.335. The lowest BCUT2D eigenvalue weighted by atomic mass is 10.0. The van der Waals surface area contributed by atoms with Gasteiger partial charge in [-0.05, 0) is 49.6 Å². The summed E-state index contributed by atoms with van der Waals surface area (Å²) in [5.74, 6) is -0.305. The van der Waals surface area contributed by atoms with Crippen LogP contribution >= 0.6 is 11.3 Å². The van der Waals surface area contributed by atoms with E-state index in [1.807, 2.05) is 31.2 Å². The number of carbonyl (C=O) groups excluding carboxylic acids is 2. The number of carbonyl (C=O) groups is 2. The maximum absolute atomic E-state index is 13.3. The molecule has 1 aromatic heterocycles. The number of benzene rings is 2. The molecule has 0 unspecified atom stereocenters. The zero-order chi connectivity index (χ0) is 22.2. The molecule has 0 atom stereocenters. The maximum atomic E-state index is 13.3. The maximum Gasteiger partial charge on any atom is 0.341 e. The summed E-state index contributed by atoms with van der Waals surface area (Å²) >= 11 is 1.24. The first-order valence-corrected chi connectivity index (χ1v) is 10.9. The lowest BCUT2D eigenvalue weighted by Gasteiger charge is -2.10. The normalized spacial score (nSPS) is 10.5. The first kappa shape index (κ1) is 22.5. The molecule has 0 saturated heterocycles. The fourth-order valence-corrected chi connectivity index (χ4v) is 3.99. The number of hydrogen-bond acceptors (Lipinski definition) is 5. The lowest BCUT2D eigenvalue weighted by Crippen LogP contribution is -2.15. The van der Waals surface area contributed by atoms with Crippen LogP contribution in [0.15, 0.2) is 53.9 Å². The van der Waals surface area contributed by atoms with Gasteiger partial charge in [0.2, 0.25) is 5.91 Å². The number of thiophene rings is 1. The van der Waals surface area contributed by atoms with Gasteiger partial charge in [-0.15, -0.1) is 11.3 Å². The molecule has 1 amide bonds. The third-order valence-electron chi connectivity index (χ3n) is 4.58. The van der Waals surface area contributed by atoms with Gasteiger partial charge < -0.3 is 14.8 Å². The fraction of sp³-hybridized carbons (Fsp3) is 0.250. The van der Waals surface area contributed by atoms with Gasteiger partial charge in [-0.25, -0.2) is 9.18 Å². The Morgan fingerprint density at radius 1 is 1.10 bits per heavy atom. The van der Waals surface area contributed by atoms with Gasteiger partial charge >= 0.3 is 5.97 Å². The zero-order valence-corrected chi connectivity index (χ0v) is 18.3. The molecule has 31 heavy (non-hydrogen) atoms. The molecule has 0 aliphatic rings. The van der Waals surface area contributed by atoms with Crippen LogP contribution in [-0.4, -0.2) is 25.1 Å². The Kier molecular flexibility index (Phi) is 7.78. The predicted octanol–water partition coefficient (Wildman–Crippen LogP) is 5.84. The highest BCUT2D eigenvalue weighted by molar-refractivity contribution is 7.15. The second-order valence-electron chi connectivity index (χ2n) is 6.85. The van der Waals surface area contributed by atoms with Crippen molar-refractivity contribution in [3.05, 3.63) is 70.9 Å². The molecule has 162 valence electrons. The zero-order valence-electron chi connectivity index (χ0n) is 17.4. The summed E-state index contributed by atoms with van der Waals surface area (Å²) in [6.07, 6.45) is 0.781. The Balaban J connectivity index is 1.66. The number of nitrogens with one attached hydrogen (secondary N) is 1. The highest BCUT2D eigenvalue weighted by atomic mass is 32.1. The minimum atomic E-state index is -0.527. The third kappa shape index (κ3) is 5.92. The molecule has 0 aliphatic carbocycles. The molecule has 1 N–H and O–H groups in total. The average Bonchev–Trinajstić information content (AvgIpc) is 3.16. The predicted molar refractivity (Wildman–Crippen MR) is 120 cm³/mol. The van der Waals surface area contributed by atoms with E-state index in [1.165, 1.54) is 23.5 Å². The van der Waals surface area contributed by atoms with E-state index < -0.39 is 5.97 Å². The molecule has 0 bridgehead atoms. The van der Waals surface area contributed by atoms with Crippen molar-refractivity contribution < 1.29 is 23.5 Å². The van der Waals surface area contributed by atoms with Gasteiger partial charge in [0, 0.05) is 17.4 Å². The number of hydrogen-bond donors (Lipinski definition) is 1. The van der Waals surface area contributed by atoms with Crippen molar-refractivity contribution in [2.75, 3.05) is 18.5 Å². The van der Waals surface area contributed by atoms with E-state index in [2.05, 4.69) is 5.32 Å². The molecule has 1 heterocycles. The Morgan fingerprint density at radius 3 is 2.55 bits per heavy atom. The molecule has 3 rings (SSSR count). The van der Waals surface area contributed by atoms with Crippen molar-refractivity contribution >= 4 is 28.2 Å². The average molecular weight is 442 g/mol. The summed E-state index contributed by atoms with van der Waals surface area (Å²) in [6.45, 7) is 4.30. The van der Waals surface area contributed by atoms with E-state index in [-0.39, 0.29) is 30.3 Å². The summed E-state index contributed by atoms with van der Waals surface area (Å²) in [6, 6.07) is 13.5. The Morgan fingerprint density at radius 2 is 1.84 bits per heavy atom. The summed E-state index contributed by atoms with van der Waals surface area (Å²) in [4.78, 5) is 25.0. The highest BCUT2D eigenvalue weighted by Crippen LogP contribution is 2.36. The Bertz CT molecular complexity index is 1050. The number of halogens is 1. The molecular weight excluding hydrogens is 417 g/mol. The van der Waals surface area contributed by atoms with Gasteiger partial charge in [0.25, 0.3) is 0 Å². The smallest absolute Gasteiger partial charge is 0.341 e. The molecule has 0 fully saturated rings. The van der Waals surface area contributed by atoms with Crippen LogP contribution in [0, 0.1) is 12.7 Å². The number of para-hydroxylation sites is 1. The number of anilines is 1. The molecule has 7 heteroatoms. The molecular formula is C24H24FNO4S. The highest BCUT2D eigenvalue weighted by Gasteiger charge is 2.22. The number of ether oxygens (including phenoxy) is 2. The monoisotopic (exact) mass is 441 g/mol. The second-order valence-corrected chi connectivity index (χ2v) is 7.73. The molecule has 0 spiro atoms. The summed E-state index contributed by atoms with van der Waals surface area (Å²) in [5.41, 5.74) is 2.59. The molecule has 2 aromatic carbocycles. The summed E-state index contributed by atoms with van der Waals surface area (Å²) in [7, 11) is 0. The number of amides is 1. The molecule has 3 aromatic rings. The summed E-state index contributed by atoms with van der Waals surface area (Å²) < 4.78 is 24.2. The Hall–Kier alpha value is -3.19. The standard InChI is InChI=1S/C24H24FNO4S/c1-3-29-24(28)22-19(17-10-12-18(25)13-11-17)15-31-23(22)26-21(27)9-6-14-30-20-8-5-4-7-16(20)2/h4-5,7-8,10-13,15H,3,6,9,14H2,1-2H3,(H,26,27). The van der Waals surface area contributed by atoms with Gasteiger partial charge in [0.15, 0.2) is 0 Å². The lowest BCUT2D eigenvalue weighted by molar-refractivity contribution is -0.116. The largest absolute Gasteiger partial charge is 0.493 e. The van der Waals surface area contributed by atoms with Crippen LogP contribution in [0.4, 0.5) is 9.39 Å². The van der Waals surface area contributed by atoms with Crippen molar-refractivity contribution in [2.45, 2.75) is 26.7 Å². The number of aryl methyl sites for hydroxylation is 1. The van der Waals surface area contributed by atoms with Crippen LogP contribution in [0.5, 0.6) is 5.75 Å². The van der Waals surface area contributed by atoms with Gasteiger partial charge in [-0.3, -0.25) is 4.79 Å². The topological polar surface area (TPSA) is 64.6 Å². The second kappa shape index (κ2) is 10.7. The van der Waals surface area contributed by atoms with E-state index in [0.29, 0.717) is 29.2 Å². The molecule has 0 saturated carbocycles. The van der Waals surface area contributed by atoms with Crippen molar-refractivity contribution in [1.82, 2.24) is 0 Å². The SMILES string of the molecule is CCOC(=O)c1c(-c2ccc(F)cc2)csc1NC(=O)CCCOc1ccccc1C. The van der Waals surface area contributed by atoms with E-state index in [0.717, 1.165) is 11.3 Å². The van der Waals surface area contributed by atoms with E-state index in [4.69, 9.17) is 9.47 Å². The van der Waals surface area contributed by atoms with Crippen molar-refractivity contribution in [2.24, 2.45) is 0 Å². The van der Waals surface area contributed by atoms with Gasteiger partial charge in [0.1, 0.15) is 22.1 Å². The van der Waals surface area contributed by atoms with Crippen LogP contribution in [-0.2, 0) is 9.53 Å². The van der Waals surface area contributed by atoms with Crippen molar-refractivity contribution in [1.29, 1.82) is 0 Å². The molecule has 0 radical (unpaired) electrons. The molecule has 0 aliphatic heterocycles. The van der Waals surface area contributed by atoms with E-state index >= 15 is 0 Å². The first-order valence-electron chi connectivity index (χ1n) is 10.0. The minimum Gasteiger partial charge on any atom is -0.493 e. The van der Waals surface area contributed by atoms with Gasteiger partial charge in [-0.2, -0.15) is 0 Å².